The van der Waals surface area contributed by atoms with Gasteiger partial charge >= 0.3 is 5.97 Å². The van der Waals surface area contributed by atoms with Crippen LogP contribution in [-0.2, 0) is 19.1 Å². The minimum atomic E-state index is -0.449. The molecule has 0 bridgehead atoms. The van der Waals surface area contributed by atoms with E-state index in [1.165, 1.54) is 13.5 Å². The molecule has 1 saturated heterocycles. The number of methoxy groups -OCH3 is 1. The van der Waals surface area contributed by atoms with Crippen molar-refractivity contribution >= 4 is 17.8 Å². The molecule has 0 aromatic heterocycles. The average Bonchev–Trinajstić information content (AvgIpc) is 3.19. The number of fused-ring (bicyclic) bond motifs is 1. The van der Waals surface area contributed by atoms with E-state index < -0.39 is 6.04 Å². The van der Waals surface area contributed by atoms with E-state index in [0.29, 0.717) is 18.4 Å². The molecule has 3 fully saturated rings. The maximum absolute atomic E-state index is 12.7. The normalized spacial score (nSPS) is 34.4. The Hall–Kier alpha value is -1.59. The molecule has 3 aliphatic rings. The number of rotatable bonds is 5. The topological polar surface area (TPSA) is 75.7 Å². The fraction of sp³-hybridized carbons (Fsp3) is 0.833. The molecule has 6 nitrogen and oxygen atoms in total. The zero-order chi connectivity index (χ0) is 17.3. The van der Waals surface area contributed by atoms with Gasteiger partial charge in [0.2, 0.25) is 11.8 Å². The third-order valence-corrected chi connectivity index (χ3v) is 5.93. The molecule has 134 valence electrons. The fourth-order valence-corrected chi connectivity index (χ4v) is 4.41. The Morgan fingerprint density at radius 3 is 2.54 bits per heavy atom. The number of esters is 1. The second kappa shape index (κ2) is 7.11. The molecule has 5 atom stereocenters. The van der Waals surface area contributed by atoms with Gasteiger partial charge in [0.1, 0.15) is 6.04 Å². The molecular weight excluding hydrogens is 308 g/mol. The summed E-state index contributed by atoms with van der Waals surface area (Å²) in [5.41, 5.74) is 0. The summed E-state index contributed by atoms with van der Waals surface area (Å²) >= 11 is 0. The standard InChI is InChI=1S/C18H28N2O4/c1-11-9-13(11)17(22)19-8-7-16(21)20-14-6-4-3-5-12(14)10-15(20)18(23)24-2/h11-15H,3-10H2,1-2H3,(H,19,22)/t11-,12+,13-,14+,15+/m1/s1. The van der Waals surface area contributed by atoms with Crippen LogP contribution < -0.4 is 5.32 Å². The van der Waals surface area contributed by atoms with Gasteiger partial charge in [-0.25, -0.2) is 4.79 Å². The van der Waals surface area contributed by atoms with E-state index in [4.69, 9.17) is 4.74 Å². The molecule has 3 rings (SSSR count). The Balaban J connectivity index is 1.57. The molecular formula is C18H28N2O4. The van der Waals surface area contributed by atoms with Gasteiger partial charge in [0.25, 0.3) is 0 Å². The van der Waals surface area contributed by atoms with E-state index in [2.05, 4.69) is 12.2 Å². The van der Waals surface area contributed by atoms with E-state index >= 15 is 0 Å². The summed E-state index contributed by atoms with van der Waals surface area (Å²) in [6.07, 6.45) is 6.24. The highest BCUT2D eigenvalue weighted by atomic mass is 16.5. The lowest BCUT2D eigenvalue weighted by molar-refractivity contribution is -0.152. The minimum absolute atomic E-state index is 0.0380. The van der Waals surface area contributed by atoms with Crippen LogP contribution in [-0.4, -0.2) is 48.4 Å². The summed E-state index contributed by atoms with van der Waals surface area (Å²) in [5, 5.41) is 2.86. The molecule has 0 radical (unpaired) electrons. The Morgan fingerprint density at radius 2 is 1.88 bits per heavy atom. The van der Waals surface area contributed by atoms with Crippen molar-refractivity contribution in [2.24, 2.45) is 17.8 Å². The molecule has 0 spiro atoms. The average molecular weight is 336 g/mol. The van der Waals surface area contributed by atoms with Gasteiger partial charge in [-0.2, -0.15) is 0 Å². The van der Waals surface area contributed by atoms with Crippen LogP contribution in [0.4, 0.5) is 0 Å². The predicted molar refractivity (Wildman–Crippen MR) is 87.9 cm³/mol. The van der Waals surface area contributed by atoms with Crippen LogP contribution in [0.1, 0.15) is 51.9 Å². The number of carbonyl (C=O) groups excluding carboxylic acids is 3. The second-order valence-electron chi connectivity index (χ2n) is 7.55. The maximum Gasteiger partial charge on any atom is 0.328 e. The van der Waals surface area contributed by atoms with Crippen LogP contribution in [0.15, 0.2) is 0 Å². The first-order valence-corrected chi connectivity index (χ1v) is 9.19. The van der Waals surface area contributed by atoms with Gasteiger partial charge in [-0.3, -0.25) is 9.59 Å². The smallest absolute Gasteiger partial charge is 0.328 e. The minimum Gasteiger partial charge on any atom is -0.467 e. The number of nitrogens with zero attached hydrogens (tertiary/aromatic N) is 1. The zero-order valence-electron chi connectivity index (χ0n) is 14.6. The number of likely N-dealkylation sites (tertiary alicyclic amines) is 1. The number of amides is 2. The van der Waals surface area contributed by atoms with Crippen molar-refractivity contribution < 1.29 is 19.1 Å². The van der Waals surface area contributed by atoms with E-state index in [9.17, 15) is 14.4 Å². The Labute approximate surface area is 143 Å². The van der Waals surface area contributed by atoms with Crippen molar-refractivity contribution in [3.8, 4) is 0 Å². The monoisotopic (exact) mass is 336 g/mol. The summed E-state index contributed by atoms with van der Waals surface area (Å²) in [6, 6.07) is -0.288. The molecule has 6 heteroatoms. The van der Waals surface area contributed by atoms with Crippen LogP contribution in [0.25, 0.3) is 0 Å². The van der Waals surface area contributed by atoms with Gasteiger partial charge in [0, 0.05) is 24.9 Å². The summed E-state index contributed by atoms with van der Waals surface area (Å²) in [6.45, 7) is 2.41. The number of ether oxygens (including phenoxy) is 1. The fourth-order valence-electron chi connectivity index (χ4n) is 4.41. The Bertz CT molecular complexity index is 521. The molecule has 0 aromatic rings. The predicted octanol–water partition coefficient (Wildman–Crippen LogP) is 1.48. The number of hydrogen-bond donors (Lipinski definition) is 1. The highest BCUT2D eigenvalue weighted by Crippen LogP contribution is 2.40. The lowest BCUT2D eigenvalue weighted by atomic mass is 9.84. The van der Waals surface area contributed by atoms with E-state index in [-0.39, 0.29) is 36.2 Å². The largest absolute Gasteiger partial charge is 0.467 e. The third kappa shape index (κ3) is 3.42. The SMILES string of the molecule is COC(=O)[C@@H]1C[C@@H]2CCCC[C@@H]2N1C(=O)CCNC(=O)[C@@H]1C[C@H]1C. The van der Waals surface area contributed by atoms with Gasteiger partial charge in [0.05, 0.1) is 7.11 Å². The van der Waals surface area contributed by atoms with Crippen LogP contribution in [0, 0.1) is 17.8 Å². The first kappa shape index (κ1) is 17.2. The van der Waals surface area contributed by atoms with Crippen molar-refractivity contribution in [1.29, 1.82) is 0 Å². The van der Waals surface area contributed by atoms with E-state index in [1.807, 2.05) is 0 Å². The highest BCUT2D eigenvalue weighted by Gasteiger charge is 2.47. The van der Waals surface area contributed by atoms with Gasteiger partial charge in [-0.15, -0.1) is 0 Å². The Kier molecular flexibility index (Phi) is 5.11. The molecule has 1 heterocycles. The van der Waals surface area contributed by atoms with E-state index in [1.54, 1.807) is 4.90 Å². The molecule has 24 heavy (non-hydrogen) atoms. The van der Waals surface area contributed by atoms with Gasteiger partial charge in [-0.05, 0) is 37.5 Å². The first-order valence-electron chi connectivity index (χ1n) is 9.19. The summed E-state index contributed by atoms with van der Waals surface area (Å²) in [4.78, 5) is 38.5. The van der Waals surface area contributed by atoms with Gasteiger partial charge in [0.15, 0.2) is 0 Å². The van der Waals surface area contributed by atoms with Crippen molar-refractivity contribution in [1.82, 2.24) is 10.2 Å². The van der Waals surface area contributed by atoms with Crippen molar-refractivity contribution in [2.75, 3.05) is 13.7 Å². The first-order chi connectivity index (χ1) is 11.5. The van der Waals surface area contributed by atoms with Gasteiger partial charge in [-0.1, -0.05) is 19.8 Å². The highest BCUT2D eigenvalue weighted by molar-refractivity contribution is 5.86. The summed E-state index contributed by atoms with van der Waals surface area (Å²) in [5.74, 6) is 0.700. The van der Waals surface area contributed by atoms with Crippen LogP contribution in [0.5, 0.6) is 0 Å². The third-order valence-electron chi connectivity index (χ3n) is 5.93. The number of nitrogens with one attached hydrogen (secondary N) is 1. The molecule has 2 amide bonds. The second-order valence-corrected chi connectivity index (χ2v) is 7.55. The Morgan fingerprint density at radius 1 is 1.17 bits per heavy atom. The van der Waals surface area contributed by atoms with Crippen LogP contribution in [0.3, 0.4) is 0 Å². The van der Waals surface area contributed by atoms with Crippen molar-refractivity contribution in [2.45, 2.75) is 64.0 Å². The van der Waals surface area contributed by atoms with Crippen molar-refractivity contribution in [3.05, 3.63) is 0 Å². The lowest BCUT2D eigenvalue weighted by Crippen LogP contribution is -2.47. The molecule has 0 aromatic carbocycles. The number of hydrogen-bond acceptors (Lipinski definition) is 4. The molecule has 2 saturated carbocycles. The quantitative estimate of drug-likeness (QED) is 0.772. The summed E-state index contributed by atoms with van der Waals surface area (Å²) < 4.78 is 4.91. The maximum atomic E-state index is 12.7. The molecule has 2 aliphatic carbocycles. The summed E-state index contributed by atoms with van der Waals surface area (Å²) in [7, 11) is 1.38. The number of carbonyl (C=O) groups is 3. The lowest BCUT2D eigenvalue weighted by Gasteiger charge is -2.33. The zero-order valence-corrected chi connectivity index (χ0v) is 14.6. The van der Waals surface area contributed by atoms with Gasteiger partial charge < -0.3 is 15.0 Å². The molecule has 0 unspecified atom stereocenters. The van der Waals surface area contributed by atoms with Crippen LogP contribution >= 0.6 is 0 Å². The molecule has 1 aliphatic heterocycles. The molecule has 1 N–H and O–H groups in total. The van der Waals surface area contributed by atoms with Crippen LogP contribution in [0.2, 0.25) is 0 Å². The van der Waals surface area contributed by atoms with E-state index in [0.717, 1.165) is 32.1 Å². The van der Waals surface area contributed by atoms with Crippen molar-refractivity contribution in [3.63, 3.8) is 0 Å².